The van der Waals surface area contributed by atoms with Crippen molar-refractivity contribution in [1.82, 2.24) is 15.2 Å². The number of H-pyrrole nitrogens is 1. The molecular weight excluding hydrogens is 332 g/mol. The first-order valence-corrected chi connectivity index (χ1v) is 8.32. The maximum absolute atomic E-state index is 5.79. The van der Waals surface area contributed by atoms with Gasteiger partial charge in [0, 0.05) is 6.21 Å². The van der Waals surface area contributed by atoms with Crippen molar-refractivity contribution >= 4 is 12.2 Å². The Morgan fingerprint density at radius 3 is 2.62 bits per heavy atom. The summed E-state index contributed by atoms with van der Waals surface area (Å²) in [6.07, 6.45) is 3.10. The number of aromatic amines is 1. The molecule has 0 saturated heterocycles. The summed E-state index contributed by atoms with van der Waals surface area (Å²) in [6.45, 7) is 3.34. The average molecular weight is 352 g/mol. The third-order valence-corrected chi connectivity index (χ3v) is 3.36. The zero-order valence-corrected chi connectivity index (χ0v) is 14.5. The van der Waals surface area contributed by atoms with Crippen LogP contribution in [-0.4, -0.2) is 41.2 Å². The van der Waals surface area contributed by atoms with Crippen molar-refractivity contribution in [3.8, 4) is 17.2 Å². The highest BCUT2D eigenvalue weighted by molar-refractivity contribution is 5.82. The first-order valence-electron chi connectivity index (χ1n) is 8.32. The molecule has 0 aliphatic carbocycles. The number of aromatic nitrogens is 3. The number of benzene rings is 2. The van der Waals surface area contributed by atoms with E-state index in [-0.39, 0.29) is 0 Å². The van der Waals surface area contributed by atoms with E-state index >= 15 is 0 Å². The quantitative estimate of drug-likeness (QED) is 0.471. The molecule has 0 aliphatic rings. The molecule has 0 fully saturated rings. The summed E-state index contributed by atoms with van der Waals surface area (Å²) in [5.41, 5.74) is 0.873. The maximum atomic E-state index is 5.79. The summed E-state index contributed by atoms with van der Waals surface area (Å²) >= 11 is 0. The van der Waals surface area contributed by atoms with E-state index in [0.717, 1.165) is 11.3 Å². The van der Waals surface area contributed by atoms with Gasteiger partial charge in [-0.3, -0.25) is 0 Å². The predicted molar refractivity (Wildman–Crippen MR) is 98.7 cm³/mol. The second-order valence-corrected chi connectivity index (χ2v) is 5.22. The van der Waals surface area contributed by atoms with Crippen LogP contribution in [0, 0.1) is 0 Å². The maximum Gasteiger partial charge on any atom is 0.245 e. The van der Waals surface area contributed by atoms with E-state index in [1.807, 2.05) is 55.5 Å². The number of hydrogen-bond acceptors (Lipinski definition) is 6. The molecule has 0 bridgehead atoms. The van der Waals surface area contributed by atoms with Gasteiger partial charge in [0.25, 0.3) is 0 Å². The molecule has 0 aliphatic heterocycles. The van der Waals surface area contributed by atoms with E-state index in [1.165, 1.54) is 6.33 Å². The number of rotatable bonds is 9. The Balaban J connectivity index is 1.59. The van der Waals surface area contributed by atoms with Crippen LogP contribution in [0.5, 0.6) is 17.2 Å². The molecule has 1 N–H and O–H groups in total. The van der Waals surface area contributed by atoms with Crippen molar-refractivity contribution in [1.29, 1.82) is 0 Å². The summed E-state index contributed by atoms with van der Waals surface area (Å²) in [5.74, 6) is 2.59. The van der Waals surface area contributed by atoms with Gasteiger partial charge in [0.05, 0.1) is 6.61 Å². The predicted octanol–water partition coefficient (Wildman–Crippen LogP) is 3.41. The SMILES string of the molecule is CCOc1cc(C=Nc2ncn[nH]2)ccc1OCCOc1ccccc1. The van der Waals surface area contributed by atoms with Crippen LogP contribution in [0.15, 0.2) is 59.9 Å². The van der Waals surface area contributed by atoms with Crippen molar-refractivity contribution in [2.75, 3.05) is 19.8 Å². The fraction of sp³-hybridized carbons (Fsp3) is 0.211. The number of para-hydroxylation sites is 1. The number of nitrogens with zero attached hydrogens (tertiary/aromatic N) is 3. The molecule has 2 aromatic carbocycles. The number of ether oxygens (including phenoxy) is 3. The third kappa shape index (κ3) is 5.07. The Bertz CT molecular complexity index is 820. The summed E-state index contributed by atoms with van der Waals surface area (Å²) in [6, 6.07) is 15.3. The first kappa shape index (κ1) is 17.5. The van der Waals surface area contributed by atoms with Crippen LogP contribution in [-0.2, 0) is 0 Å². The minimum Gasteiger partial charge on any atom is -0.490 e. The largest absolute Gasteiger partial charge is 0.490 e. The molecule has 3 rings (SSSR count). The number of hydrogen-bond donors (Lipinski definition) is 1. The number of aliphatic imine (C=N–C) groups is 1. The van der Waals surface area contributed by atoms with Gasteiger partial charge in [-0.05, 0) is 42.8 Å². The second kappa shape index (κ2) is 9.22. The van der Waals surface area contributed by atoms with E-state index < -0.39 is 0 Å². The van der Waals surface area contributed by atoms with Gasteiger partial charge in [0.1, 0.15) is 25.3 Å². The molecule has 26 heavy (non-hydrogen) atoms. The van der Waals surface area contributed by atoms with Gasteiger partial charge >= 0.3 is 0 Å². The lowest BCUT2D eigenvalue weighted by Crippen LogP contribution is -2.10. The normalized spacial score (nSPS) is 10.8. The van der Waals surface area contributed by atoms with Gasteiger partial charge in [-0.1, -0.05) is 18.2 Å². The van der Waals surface area contributed by atoms with E-state index in [2.05, 4.69) is 20.2 Å². The summed E-state index contributed by atoms with van der Waals surface area (Å²) in [5, 5.41) is 6.43. The standard InChI is InChI=1S/C19H20N4O3/c1-2-24-18-12-15(13-20-19-21-14-22-23-19)8-9-17(18)26-11-10-25-16-6-4-3-5-7-16/h3-9,12-14H,2,10-11H2,1H3,(H,21,22,23). The lowest BCUT2D eigenvalue weighted by Gasteiger charge is -2.13. The fourth-order valence-electron chi connectivity index (χ4n) is 2.22. The Morgan fingerprint density at radius 2 is 1.85 bits per heavy atom. The molecule has 0 amide bonds. The van der Waals surface area contributed by atoms with Gasteiger partial charge < -0.3 is 14.2 Å². The summed E-state index contributed by atoms with van der Waals surface area (Å²) < 4.78 is 17.1. The molecule has 0 radical (unpaired) electrons. The molecule has 7 nitrogen and oxygen atoms in total. The van der Waals surface area contributed by atoms with E-state index in [4.69, 9.17) is 14.2 Å². The highest BCUT2D eigenvalue weighted by Crippen LogP contribution is 2.28. The van der Waals surface area contributed by atoms with Crippen molar-refractivity contribution < 1.29 is 14.2 Å². The van der Waals surface area contributed by atoms with Gasteiger partial charge in [0.15, 0.2) is 11.5 Å². The van der Waals surface area contributed by atoms with Crippen molar-refractivity contribution in [3.05, 3.63) is 60.4 Å². The van der Waals surface area contributed by atoms with Crippen molar-refractivity contribution in [3.63, 3.8) is 0 Å². The van der Waals surface area contributed by atoms with E-state index in [0.29, 0.717) is 37.3 Å². The molecule has 0 unspecified atom stereocenters. The molecule has 134 valence electrons. The molecule has 0 saturated carbocycles. The van der Waals surface area contributed by atoms with Crippen LogP contribution in [0.1, 0.15) is 12.5 Å². The average Bonchev–Trinajstić information content (AvgIpc) is 3.19. The molecule has 0 atom stereocenters. The Morgan fingerprint density at radius 1 is 1.00 bits per heavy atom. The smallest absolute Gasteiger partial charge is 0.245 e. The van der Waals surface area contributed by atoms with Crippen molar-refractivity contribution in [2.24, 2.45) is 4.99 Å². The lowest BCUT2D eigenvalue weighted by atomic mass is 10.2. The monoisotopic (exact) mass is 352 g/mol. The topological polar surface area (TPSA) is 81.6 Å². The van der Waals surface area contributed by atoms with Gasteiger partial charge in [-0.15, -0.1) is 0 Å². The van der Waals surface area contributed by atoms with Crippen LogP contribution >= 0.6 is 0 Å². The number of nitrogens with one attached hydrogen (secondary N) is 1. The zero-order valence-electron chi connectivity index (χ0n) is 14.5. The van der Waals surface area contributed by atoms with E-state index in [9.17, 15) is 0 Å². The first-order chi connectivity index (χ1) is 12.8. The molecule has 1 heterocycles. The second-order valence-electron chi connectivity index (χ2n) is 5.22. The highest BCUT2D eigenvalue weighted by Gasteiger charge is 2.06. The minimum absolute atomic E-state index is 0.417. The molecular formula is C19H20N4O3. The van der Waals surface area contributed by atoms with Crippen LogP contribution < -0.4 is 14.2 Å². The van der Waals surface area contributed by atoms with Gasteiger partial charge in [0.2, 0.25) is 5.95 Å². The Kier molecular flexibility index (Phi) is 6.19. The molecule has 7 heteroatoms. The van der Waals surface area contributed by atoms with Crippen LogP contribution in [0.3, 0.4) is 0 Å². The van der Waals surface area contributed by atoms with Gasteiger partial charge in [-0.2, -0.15) is 10.1 Å². The molecule has 3 aromatic rings. The fourth-order valence-corrected chi connectivity index (χ4v) is 2.22. The summed E-state index contributed by atoms with van der Waals surface area (Å²) in [7, 11) is 0. The van der Waals surface area contributed by atoms with Crippen LogP contribution in [0.4, 0.5) is 5.95 Å². The lowest BCUT2D eigenvalue weighted by molar-refractivity contribution is 0.208. The van der Waals surface area contributed by atoms with Crippen LogP contribution in [0.2, 0.25) is 0 Å². The molecule has 0 spiro atoms. The van der Waals surface area contributed by atoms with Crippen molar-refractivity contribution in [2.45, 2.75) is 6.92 Å². The third-order valence-electron chi connectivity index (χ3n) is 3.36. The van der Waals surface area contributed by atoms with E-state index in [1.54, 1.807) is 6.21 Å². The summed E-state index contributed by atoms with van der Waals surface area (Å²) in [4.78, 5) is 8.15. The van der Waals surface area contributed by atoms with Gasteiger partial charge in [-0.25, -0.2) is 10.1 Å². The minimum atomic E-state index is 0.417. The Labute approximate surface area is 151 Å². The zero-order chi connectivity index (χ0) is 18.0. The van der Waals surface area contributed by atoms with Crippen LogP contribution in [0.25, 0.3) is 0 Å². The highest BCUT2D eigenvalue weighted by atomic mass is 16.5. The Hall–Kier alpha value is -3.35. The molecule has 1 aromatic heterocycles.